The van der Waals surface area contributed by atoms with Crippen LogP contribution in [0.25, 0.3) is 11.0 Å². The highest BCUT2D eigenvalue weighted by Crippen LogP contribution is 2.20. The molecule has 0 saturated heterocycles. The van der Waals surface area contributed by atoms with Gasteiger partial charge in [-0.25, -0.2) is 9.78 Å². The van der Waals surface area contributed by atoms with E-state index in [1.165, 1.54) is 17.4 Å². The Morgan fingerprint density at radius 3 is 2.95 bits per heavy atom. The summed E-state index contributed by atoms with van der Waals surface area (Å²) in [5.41, 5.74) is -0.0116. The van der Waals surface area contributed by atoms with Crippen molar-refractivity contribution in [1.29, 1.82) is 0 Å². The van der Waals surface area contributed by atoms with Crippen LogP contribution in [0.2, 0.25) is 0 Å². The van der Waals surface area contributed by atoms with Gasteiger partial charge < -0.3 is 9.15 Å². The highest BCUT2D eigenvalue weighted by molar-refractivity contribution is 7.15. The van der Waals surface area contributed by atoms with Crippen LogP contribution in [0, 0.1) is 6.92 Å². The van der Waals surface area contributed by atoms with E-state index in [4.69, 9.17) is 9.15 Å². The second-order valence-electron chi connectivity index (χ2n) is 4.57. The number of anilines is 1. The fraction of sp³-hybridized carbons (Fsp3) is 0.133. The molecule has 6 nitrogen and oxygen atoms in total. The maximum atomic E-state index is 11.8. The summed E-state index contributed by atoms with van der Waals surface area (Å²) in [6, 6.07) is 8.07. The molecule has 0 spiro atoms. The third-order valence-corrected chi connectivity index (χ3v) is 3.66. The Morgan fingerprint density at radius 1 is 1.36 bits per heavy atom. The third-order valence-electron chi connectivity index (χ3n) is 2.83. The van der Waals surface area contributed by atoms with E-state index in [2.05, 4.69) is 10.3 Å². The molecule has 1 aromatic carbocycles. The summed E-state index contributed by atoms with van der Waals surface area (Å²) in [6.07, 6.45) is 1.69. The summed E-state index contributed by atoms with van der Waals surface area (Å²) in [6.45, 7) is 1.76. The fourth-order valence-electron chi connectivity index (χ4n) is 1.85. The number of nitrogens with zero attached hydrogens (tertiary/aromatic N) is 1. The lowest BCUT2D eigenvalue weighted by Gasteiger charge is -2.06. The van der Waals surface area contributed by atoms with Crippen LogP contribution in [-0.4, -0.2) is 17.5 Å². The second-order valence-corrected chi connectivity index (χ2v) is 5.80. The van der Waals surface area contributed by atoms with Gasteiger partial charge in [0, 0.05) is 28.6 Å². The summed E-state index contributed by atoms with van der Waals surface area (Å²) in [4.78, 5) is 28.0. The first-order chi connectivity index (χ1) is 10.6. The highest BCUT2D eigenvalue weighted by Gasteiger charge is 2.07. The predicted octanol–water partition coefficient (Wildman–Crippen LogP) is 2.58. The third kappa shape index (κ3) is 3.32. The monoisotopic (exact) mass is 316 g/mol. The van der Waals surface area contributed by atoms with E-state index in [9.17, 15) is 9.59 Å². The number of ether oxygens (including phenoxy) is 1. The molecule has 112 valence electrons. The number of aromatic nitrogens is 1. The first-order valence-electron chi connectivity index (χ1n) is 6.49. The normalized spacial score (nSPS) is 10.6. The molecule has 0 aliphatic carbocycles. The zero-order chi connectivity index (χ0) is 15.5. The number of aryl methyl sites for hydroxylation is 1. The van der Waals surface area contributed by atoms with E-state index in [-0.39, 0.29) is 12.5 Å². The lowest BCUT2D eigenvalue weighted by molar-refractivity contribution is -0.118. The van der Waals surface area contributed by atoms with E-state index in [0.717, 1.165) is 10.3 Å². The first kappa shape index (κ1) is 14.3. The number of rotatable bonds is 4. The van der Waals surface area contributed by atoms with E-state index in [0.29, 0.717) is 16.5 Å². The predicted molar refractivity (Wildman–Crippen MR) is 83.5 cm³/mol. The van der Waals surface area contributed by atoms with Gasteiger partial charge in [0.15, 0.2) is 11.7 Å². The molecule has 0 fully saturated rings. The van der Waals surface area contributed by atoms with Gasteiger partial charge in [-0.15, -0.1) is 11.3 Å². The number of thiazole rings is 1. The van der Waals surface area contributed by atoms with Crippen molar-refractivity contribution in [3.05, 3.63) is 51.8 Å². The summed E-state index contributed by atoms with van der Waals surface area (Å²) in [7, 11) is 0. The number of fused-ring (bicyclic) bond motifs is 1. The van der Waals surface area contributed by atoms with Gasteiger partial charge in [-0.1, -0.05) is 0 Å². The maximum absolute atomic E-state index is 11.8. The summed E-state index contributed by atoms with van der Waals surface area (Å²) < 4.78 is 10.5. The van der Waals surface area contributed by atoms with Crippen molar-refractivity contribution in [3.63, 3.8) is 0 Å². The molecule has 0 radical (unpaired) electrons. The molecule has 3 aromatic rings. The molecule has 2 heterocycles. The van der Waals surface area contributed by atoms with Crippen molar-refractivity contribution in [2.45, 2.75) is 6.92 Å². The van der Waals surface area contributed by atoms with Crippen molar-refractivity contribution < 1.29 is 13.9 Å². The molecule has 7 heteroatoms. The van der Waals surface area contributed by atoms with Crippen molar-refractivity contribution in [2.75, 3.05) is 11.9 Å². The van der Waals surface area contributed by atoms with Crippen LogP contribution in [0.5, 0.6) is 5.75 Å². The molecule has 0 aliphatic heterocycles. The maximum Gasteiger partial charge on any atom is 0.336 e. The number of hydrogen-bond acceptors (Lipinski definition) is 6. The lowest BCUT2D eigenvalue weighted by Crippen LogP contribution is -2.19. The Bertz CT molecular complexity index is 884. The molecule has 2 aromatic heterocycles. The number of benzene rings is 1. The van der Waals surface area contributed by atoms with Gasteiger partial charge in [0.2, 0.25) is 0 Å². The summed E-state index contributed by atoms with van der Waals surface area (Å²) in [5.74, 6) is 0.149. The summed E-state index contributed by atoms with van der Waals surface area (Å²) >= 11 is 1.39. The molecule has 22 heavy (non-hydrogen) atoms. The van der Waals surface area contributed by atoms with E-state index >= 15 is 0 Å². The van der Waals surface area contributed by atoms with Crippen LogP contribution in [0.1, 0.15) is 4.88 Å². The van der Waals surface area contributed by atoms with Crippen LogP contribution in [-0.2, 0) is 4.79 Å². The quantitative estimate of drug-likeness (QED) is 0.748. The van der Waals surface area contributed by atoms with Crippen molar-refractivity contribution in [2.24, 2.45) is 0 Å². The summed E-state index contributed by atoms with van der Waals surface area (Å²) in [5, 5.41) is 3.97. The Hall–Kier alpha value is -2.67. The van der Waals surface area contributed by atoms with Crippen molar-refractivity contribution in [3.8, 4) is 5.75 Å². The van der Waals surface area contributed by atoms with Gasteiger partial charge in [-0.05, 0) is 25.1 Å². The smallest absolute Gasteiger partial charge is 0.336 e. The minimum absolute atomic E-state index is 0.152. The fourth-order valence-corrected chi connectivity index (χ4v) is 2.53. The highest BCUT2D eigenvalue weighted by atomic mass is 32.1. The molecule has 0 saturated carbocycles. The van der Waals surface area contributed by atoms with Crippen LogP contribution in [0.4, 0.5) is 5.13 Å². The molecule has 1 amide bonds. The van der Waals surface area contributed by atoms with Gasteiger partial charge in [0.1, 0.15) is 11.3 Å². The number of hydrogen-bond donors (Lipinski definition) is 1. The van der Waals surface area contributed by atoms with Crippen LogP contribution >= 0.6 is 11.3 Å². The SMILES string of the molecule is Cc1cnc(NC(=O)COc2ccc3ccc(=O)oc3c2)s1. The van der Waals surface area contributed by atoms with E-state index in [1.807, 2.05) is 6.92 Å². The van der Waals surface area contributed by atoms with Crippen LogP contribution in [0.15, 0.2) is 45.7 Å². The Labute approximate surface area is 129 Å². The second kappa shape index (κ2) is 5.98. The molecule has 1 N–H and O–H groups in total. The molecule has 0 bridgehead atoms. The molecular weight excluding hydrogens is 304 g/mol. The molecule has 0 atom stereocenters. The molecule has 3 rings (SSSR count). The van der Waals surface area contributed by atoms with Crippen molar-refractivity contribution in [1.82, 2.24) is 4.98 Å². The average molecular weight is 316 g/mol. The number of nitrogens with one attached hydrogen (secondary N) is 1. The first-order valence-corrected chi connectivity index (χ1v) is 7.31. The topological polar surface area (TPSA) is 81.4 Å². The lowest BCUT2D eigenvalue weighted by atomic mass is 10.2. The minimum atomic E-state index is -0.429. The van der Waals surface area contributed by atoms with Gasteiger partial charge in [0.25, 0.3) is 5.91 Å². The largest absolute Gasteiger partial charge is 0.484 e. The zero-order valence-corrected chi connectivity index (χ0v) is 12.5. The van der Waals surface area contributed by atoms with Gasteiger partial charge in [-0.2, -0.15) is 0 Å². The number of carbonyl (C=O) groups is 1. The van der Waals surface area contributed by atoms with Gasteiger partial charge in [-0.3, -0.25) is 10.1 Å². The van der Waals surface area contributed by atoms with E-state index in [1.54, 1.807) is 30.5 Å². The molecule has 0 aliphatic rings. The minimum Gasteiger partial charge on any atom is -0.484 e. The van der Waals surface area contributed by atoms with Crippen LogP contribution in [0.3, 0.4) is 0 Å². The van der Waals surface area contributed by atoms with Crippen LogP contribution < -0.4 is 15.7 Å². The number of carbonyl (C=O) groups excluding carboxylic acids is 1. The Kier molecular flexibility index (Phi) is 3.88. The molecular formula is C15H12N2O4S. The number of amides is 1. The van der Waals surface area contributed by atoms with Crippen molar-refractivity contribution >= 4 is 33.3 Å². The molecule has 0 unspecified atom stereocenters. The van der Waals surface area contributed by atoms with Gasteiger partial charge in [0.05, 0.1) is 0 Å². The Morgan fingerprint density at radius 2 is 2.18 bits per heavy atom. The average Bonchev–Trinajstić information content (AvgIpc) is 2.89. The van der Waals surface area contributed by atoms with E-state index < -0.39 is 5.63 Å². The standard InChI is InChI=1S/C15H12N2O4S/c1-9-7-16-15(22-9)17-13(18)8-20-11-4-2-10-3-5-14(19)21-12(10)6-11/h2-7H,8H2,1H3,(H,16,17,18). The Balaban J connectivity index is 1.65. The zero-order valence-electron chi connectivity index (χ0n) is 11.7. The van der Waals surface area contributed by atoms with Gasteiger partial charge >= 0.3 is 5.63 Å².